The zero-order valence-electron chi connectivity index (χ0n) is 16.0. The fourth-order valence-electron chi connectivity index (χ4n) is 2.92. The maximum atomic E-state index is 6.45. The van der Waals surface area contributed by atoms with Gasteiger partial charge in [-0.3, -0.25) is 0 Å². The van der Waals surface area contributed by atoms with E-state index in [4.69, 9.17) is 15.7 Å². The van der Waals surface area contributed by atoms with Gasteiger partial charge in [-0.1, -0.05) is 103 Å². The summed E-state index contributed by atoms with van der Waals surface area (Å²) in [7, 11) is 0. The lowest BCUT2D eigenvalue weighted by Gasteiger charge is -2.14. The van der Waals surface area contributed by atoms with Crippen molar-refractivity contribution in [2.24, 2.45) is 0 Å². The third kappa shape index (κ3) is 4.95. The molecule has 0 fully saturated rings. The van der Waals surface area contributed by atoms with Gasteiger partial charge in [0.25, 0.3) is 0 Å². The molecule has 0 saturated carbocycles. The van der Waals surface area contributed by atoms with Gasteiger partial charge in [-0.2, -0.15) is 0 Å². The Morgan fingerprint density at radius 2 is 1.31 bits per heavy atom. The van der Waals surface area contributed by atoms with E-state index in [-0.39, 0.29) is 0 Å². The smallest absolute Gasteiger partial charge is 0.162 e. The highest BCUT2D eigenvalue weighted by molar-refractivity contribution is 7.98. The predicted molar refractivity (Wildman–Crippen MR) is 122 cm³/mol. The van der Waals surface area contributed by atoms with E-state index < -0.39 is 0 Å². The minimum Gasteiger partial charge on any atom is -0.394 e. The molecule has 0 unspecified atom stereocenters. The fourth-order valence-corrected chi connectivity index (χ4v) is 3.82. The van der Waals surface area contributed by atoms with Crippen LogP contribution in [0, 0.1) is 0 Å². The van der Waals surface area contributed by atoms with Crippen LogP contribution in [0.1, 0.15) is 11.1 Å². The molecule has 3 N–H and O–H groups in total. The van der Waals surface area contributed by atoms with E-state index in [0.717, 1.165) is 16.3 Å². The Morgan fingerprint density at radius 1 is 0.724 bits per heavy atom. The first-order chi connectivity index (χ1) is 14.3. The number of anilines is 2. The molecule has 5 heteroatoms. The molecule has 0 aliphatic carbocycles. The highest BCUT2D eigenvalue weighted by atomic mass is 32.2. The molecule has 0 atom stereocenters. The van der Waals surface area contributed by atoms with Crippen LogP contribution >= 0.6 is 11.8 Å². The summed E-state index contributed by atoms with van der Waals surface area (Å²) in [5, 5.41) is 4.18. The van der Waals surface area contributed by atoms with Crippen LogP contribution in [-0.2, 0) is 12.3 Å². The van der Waals surface area contributed by atoms with Crippen LogP contribution in [0.4, 0.5) is 11.5 Å². The number of benzene rings is 3. The Labute approximate surface area is 175 Å². The van der Waals surface area contributed by atoms with E-state index in [2.05, 4.69) is 29.6 Å². The summed E-state index contributed by atoms with van der Waals surface area (Å²) >= 11 is 1.63. The van der Waals surface area contributed by atoms with Crippen molar-refractivity contribution in [1.29, 1.82) is 0 Å². The molecule has 4 nitrogen and oxygen atoms in total. The van der Waals surface area contributed by atoms with Gasteiger partial charge in [0.15, 0.2) is 11.6 Å². The summed E-state index contributed by atoms with van der Waals surface area (Å²) in [6.07, 6.45) is 0. The molecule has 1 heterocycles. The highest BCUT2D eigenvalue weighted by Crippen LogP contribution is 2.33. The molecular formula is C24H22N4S. The molecule has 3 aromatic carbocycles. The first-order valence-electron chi connectivity index (χ1n) is 9.47. The molecule has 4 aromatic rings. The van der Waals surface area contributed by atoms with Crippen molar-refractivity contribution in [1.82, 2.24) is 9.97 Å². The number of nitrogen functional groups attached to an aromatic ring is 1. The van der Waals surface area contributed by atoms with Gasteiger partial charge in [0.1, 0.15) is 10.7 Å². The van der Waals surface area contributed by atoms with Gasteiger partial charge in [0.05, 0.1) is 0 Å². The maximum Gasteiger partial charge on any atom is 0.162 e. The van der Waals surface area contributed by atoms with Gasteiger partial charge in [0, 0.05) is 17.9 Å². The van der Waals surface area contributed by atoms with Gasteiger partial charge in [0.2, 0.25) is 0 Å². The van der Waals surface area contributed by atoms with E-state index >= 15 is 0 Å². The van der Waals surface area contributed by atoms with Crippen molar-refractivity contribution < 1.29 is 0 Å². The van der Waals surface area contributed by atoms with E-state index in [1.54, 1.807) is 11.8 Å². The number of hydrogen-bond donors (Lipinski definition) is 2. The molecule has 1 aromatic heterocycles. The summed E-state index contributed by atoms with van der Waals surface area (Å²) in [5.74, 6) is 2.14. The van der Waals surface area contributed by atoms with Crippen LogP contribution < -0.4 is 11.1 Å². The van der Waals surface area contributed by atoms with Crippen molar-refractivity contribution in [2.75, 3.05) is 11.1 Å². The Morgan fingerprint density at radius 3 is 1.97 bits per heavy atom. The van der Waals surface area contributed by atoms with Gasteiger partial charge in [-0.15, -0.1) is 0 Å². The lowest BCUT2D eigenvalue weighted by molar-refractivity contribution is 1.03. The summed E-state index contributed by atoms with van der Waals surface area (Å²) < 4.78 is 0. The maximum absolute atomic E-state index is 6.45. The van der Waals surface area contributed by atoms with E-state index in [9.17, 15) is 0 Å². The average molecular weight is 399 g/mol. The Balaban J connectivity index is 1.63. The number of nitrogens with one attached hydrogen (secondary N) is 1. The van der Waals surface area contributed by atoms with Crippen LogP contribution in [0.15, 0.2) is 96.0 Å². The Hall–Kier alpha value is -3.31. The minimum absolute atomic E-state index is 0.585. The Kier molecular flexibility index (Phi) is 6.07. The second-order valence-corrected chi connectivity index (χ2v) is 7.56. The highest BCUT2D eigenvalue weighted by Gasteiger charge is 2.14. The number of nitrogens with zero attached hydrogens (tertiary/aromatic N) is 2. The molecule has 0 spiro atoms. The normalized spacial score (nSPS) is 10.6. The topological polar surface area (TPSA) is 63.8 Å². The van der Waals surface area contributed by atoms with Gasteiger partial charge in [-0.05, 0) is 11.1 Å². The summed E-state index contributed by atoms with van der Waals surface area (Å²) in [6.45, 7) is 0.652. The summed E-state index contributed by atoms with van der Waals surface area (Å²) in [4.78, 5) is 9.47. The molecule has 0 saturated heterocycles. The predicted octanol–water partition coefficient (Wildman–Crippen LogP) is 5.63. The lowest BCUT2D eigenvalue weighted by Crippen LogP contribution is -2.08. The second kappa shape index (κ2) is 9.26. The number of aromatic nitrogens is 2. The molecule has 0 amide bonds. The SMILES string of the molecule is Nc1c(NCc2ccccc2)nc(-c2ccccc2)nc1SCc1ccccc1. The molecule has 144 valence electrons. The van der Waals surface area contributed by atoms with E-state index in [1.165, 1.54) is 11.1 Å². The van der Waals surface area contributed by atoms with Crippen LogP contribution in [-0.4, -0.2) is 9.97 Å². The van der Waals surface area contributed by atoms with Crippen molar-refractivity contribution in [3.63, 3.8) is 0 Å². The van der Waals surface area contributed by atoms with Crippen LogP contribution in [0.5, 0.6) is 0 Å². The zero-order valence-corrected chi connectivity index (χ0v) is 16.8. The molecule has 0 aliphatic heterocycles. The molecule has 0 radical (unpaired) electrons. The van der Waals surface area contributed by atoms with Gasteiger partial charge >= 0.3 is 0 Å². The third-order valence-corrected chi connectivity index (χ3v) is 5.53. The summed E-state index contributed by atoms with van der Waals surface area (Å²) in [6, 6.07) is 30.5. The van der Waals surface area contributed by atoms with Crippen LogP contribution in [0.3, 0.4) is 0 Å². The Bertz CT molecular complexity index is 989. The second-order valence-electron chi connectivity index (χ2n) is 6.59. The minimum atomic E-state index is 0.585. The average Bonchev–Trinajstić information content (AvgIpc) is 2.79. The monoisotopic (exact) mass is 398 g/mol. The molecule has 0 bridgehead atoms. The first kappa shape index (κ1) is 19.0. The molecule has 29 heavy (non-hydrogen) atoms. The number of thioether (sulfide) groups is 1. The lowest BCUT2D eigenvalue weighted by atomic mass is 10.2. The van der Waals surface area contributed by atoms with Gasteiger partial charge in [-0.25, -0.2) is 9.97 Å². The van der Waals surface area contributed by atoms with Crippen molar-refractivity contribution >= 4 is 23.3 Å². The molecule has 4 rings (SSSR count). The summed E-state index contributed by atoms with van der Waals surface area (Å²) in [5.41, 5.74) is 10.4. The number of hydrogen-bond acceptors (Lipinski definition) is 5. The van der Waals surface area contributed by atoms with Crippen molar-refractivity contribution in [2.45, 2.75) is 17.3 Å². The zero-order chi connectivity index (χ0) is 19.9. The quantitative estimate of drug-likeness (QED) is 0.312. The van der Waals surface area contributed by atoms with Crippen LogP contribution in [0.25, 0.3) is 11.4 Å². The molecule has 0 aliphatic rings. The largest absolute Gasteiger partial charge is 0.394 e. The van der Waals surface area contributed by atoms with E-state index in [0.29, 0.717) is 23.9 Å². The third-order valence-electron chi connectivity index (χ3n) is 4.46. The van der Waals surface area contributed by atoms with E-state index in [1.807, 2.05) is 66.7 Å². The van der Waals surface area contributed by atoms with Crippen LogP contribution in [0.2, 0.25) is 0 Å². The fraction of sp³-hybridized carbons (Fsp3) is 0.0833. The van der Waals surface area contributed by atoms with Gasteiger partial charge < -0.3 is 11.1 Å². The van der Waals surface area contributed by atoms with Crippen molar-refractivity contribution in [3.8, 4) is 11.4 Å². The van der Waals surface area contributed by atoms with Crippen molar-refractivity contribution in [3.05, 3.63) is 102 Å². The standard InChI is InChI=1S/C24H22N4S/c25-21-23(26-16-18-10-4-1-5-11-18)27-22(20-14-8-3-9-15-20)28-24(21)29-17-19-12-6-2-7-13-19/h1-15H,16-17,25H2,(H,26,27,28). The number of nitrogens with two attached hydrogens (primary N) is 1. The molecular weight excluding hydrogens is 376 g/mol. The number of rotatable bonds is 7. The first-order valence-corrected chi connectivity index (χ1v) is 10.5.